The number of ether oxygens (including phenoxy) is 1. The molecule has 6 heteroatoms. The van der Waals surface area contributed by atoms with Crippen LogP contribution < -0.4 is 15.0 Å². The first kappa shape index (κ1) is 17.0. The Labute approximate surface area is 150 Å². The molecule has 0 fully saturated rings. The van der Waals surface area contributed by atoms with Crippen LogP contribution in [0.3, 0.4) is 0 Å². The van der Waals surface area contributed by atoms with Gasteiger partial charge in [-0.15, -0.1) is 0 Å². The highest BCUT2D eigenvalue weighted by Crippen LogP contribution is 2.31. The molecular formula is C19H19N3O2S. The molecule has 1 heterocycles. The minimum absolute atomic E-state index is 0.170. The molecule has 0 atom stereocenters. The van der Waals surface area contributed by atoms with Crippen LogP contribution in [-0.2, 0) is 0 Å². The van der Waals surface area contributed by atoms with Gasteiger partial charge in [-0.3, -0.25) is 4.79 Å². The van der Waals surface area contributed by atoms with E-state index in [4.69, 9.17) is 4.74 Å². The van der Waals surface area contributed by atoms with Crippen molar-refractivity contribution < 1.29 is 9.53 Å². The first-order valence-corrected chi connectivity index (χ1v) is 8.61. The molecule has 3 rings (SSSR count). The van der Waals surface area contributed by atoms with Gasteiger partial charge in [-0.1, -0.05) is 35.6 Å². The molecule has 1 aromatic heterocycles. The molecule has 0 aliphatic carbocycles. The third kappa shape index (κ3) is 3.80. The first-order chi connectivity index (χ1) is 12.1. The van der Waals surface area contributed by atoms with Crippen molar-refractivity contribution in [3.8, 4) is 5.75 Å². The van der Waals surface area contributed by atoms with E-state index in [2.05, 4.69) is 10.3 Å². The lowest BCUT2D eigenvalue weighted by molar-refractivity contribution is 0.103. The first-order valence-electron chi connectivity index (χ1n) is 7.80. The molecule has 0 radical (unpaired) electrons. The topological polar surface area (TPSA) is 54.5 Å². The Hall–Kier alpha value is -2.86. The van der Waals surface area contributed by atoms with E-state index in [1.165, 1.54) is 11.3 Å². The standard InChI is InChI=1S/C19H19N3O2S/c1-13-17(18(23)21-14-8-7-11-16(12-14)24-3)25-19(20-13)22(2)15-9-5-4-6-10-15/h4-12H,1-3H3,(H,21,23). The third-order valence-corrected chi connectivity index (χ3v) is 4.98. The van der Waals surface area contributed by atoms with Crippen molar-refractivity contribution in [1.82, 2.24) is 4.98 Å². The lowest BCUT2D eigenvalue weighted by atomic mass is 10.3. The molecule has 3 aromatic rings. The predicted octanol–water partition coefficient (Wildman–Crippen LogP) is 4.48. The summed E-state index contributed by atoms with van der Waals surface area (Å²) < 4.78 is 5.18. The molecule has 0 aliphatic rings. The molecule has 1 amide bonds. The zero-order valence-electron chi connectivity index (χ0n) is 14.3. The molecule has 128 valence electrons. The van der Waals surface area contributed by atoms with Gasteiger partial charge in [0.05, 0.1) is 12.8 Å². The number of hydrogen-bond acceptors (Lipinski definition) is 5. The maximum absolute atomic E-state index is 12.6. The van der Waals surface area contributed by atoms with E-state index >= 15 is 0 Å². The van der Waals surface area contributed by atoms with Crippen molar-refractivity contribution >= 4 is 33.8 Å². The van der Waals surface area contributed by atoms with Crippen LogP contribution in [0.4, 0.5) is 16.5 Å². The van der Waals surface area contributed by atoms with Crippen molar-refractivity contribution in [2.75, 3.05) is 24.4 Å². The van der Waals surface area contributed by atoms with E-state index in [9.17, 15) is 4.79 Å². The van der Waals surface area contributed by atoms with Gasteiger partial charge in [0.2, 0.25) is 0 Å². The van der Waals surface area contributed by atoms with E-state index in [0.29, 0.717) is 22.0 Å². The van der Waals surface area contributed by atoms with E-state index in [1.54, 1.807) is 13.2 Å². The van der Waals surface area contributed by atoms with E-state index in [1.807, 2.05) is 67.4 Å². The lowest BCUT2D eigenvalue weighted by Gasteiger charge is -2.15. The van der Waals surface area contributed by atoms with Crippen LogP contribution in [-0.4, -0.2) is 25.0 Å². The summed E-state index contributed by atoms with van der Waals surface area (Å²) in [5.41, 5.74) is 2.43. The number of nitrogens with zero attached hydrogens (tertiary/aromatic N) is 2. The Bertz CT molecular complexity index is 877. The average Bonchev–Trinajstić information content (AvgIpc) is 3.04. The molecular weight excluding hydrogens is 334 g/mol. The summed E-state index contributed by atoms with van der Waals surface area (Å²) in [6.45, 7) is 1.85. The fraction of sp³-hybridized carbons (Fsp3) is 0.158. The van der Waals surface area contributed by atoms with Gasteiger partial charge >= 0.3 is 0 Å². The predicted molar refractivity (Wildman–Crippen MR) is 102 cm³/mol. The number of rotatable bonds is 5. The van der Waals surface area contributed by atoms with Gasteiger partial charge < -0.3 is 15.0 Å². The number of aromatic nitrogens is 1. The van der Waals surface area contributed by atoms with Crippen LogP contribution in [0.5, 0.6) is 5.75 Å². The zero-order chi connectivity index (χ0) is 17.8. The maximum atomic E-state index is 12.6. The summed E-state index contributed by atoms with van der Waals surface area (Å²) in [5.74, 6) is 0.527. The molecule has 25 heavy (non-hydrogen) atoms. The fourth-order valence-corrected chi connectivity index (χ4v) is 3.33. The number of para-hydroxylation sites is 1. The largest absolute Gasteiger partial charge is 0.497 e. The second-order valence-corrected chi connectivity index (χ2v) is 6.47. The summed E-state index contributed by atoms with van der Waals surface area (Å²) in [5, 5.41) is 3.68. The molecule has 2 aromatic carbocycles. The third-order valence-electron chi connectivity index (χ3n) is 3.75. The Kier molecular flexibility index (Phi) is 5.00. The van der Waals surface area contributed by atoms with Gasteiger partial charge in [0.15, 0.2) is 5.13 Å². The van der Waals surface area contributed by atoms with Crippen LogP contribution >= 0.6 is 11.3 Å². The molecule has 0 bridgehead atoms. The summed E-state index contributed by atoms with van der Waals surface area (Å²) in [6.07, 6.45) is 0. The summed E-state index contributed by atoms with van der Waals surface area (Å²) in [6, 6.07) is 17.2. The Morgan fingerprint density at radius 1 is 1.16 bits per heavy atom. The quantitative estimate of drug-likeness (QED) is 0.735. The van der Waals surface area contributed by atoms with Crippen molar-refractivity contribution in [1.29, 1.82) is 0 Å². The van der Waals surface area contributed by atoms with E-state index in [-0.39, 0.29) is 5.91 Å². The van der Waals surface area contributed by atoms with Gasteiger partial charge in [-0.05, 0) is 31.2 Å². The number of carbonyl (C=O) groups excluding carboxylic acids is 1. The second kappa shape index (κ2) is 7.36. The monoisotopic (exact) mass is 353 g/mol. The summed E-state index contributed by atoms with van der Waals surface area (Å²) >= 11 is 1.37. The highest BCUT2D eigenvalue weighted by molar-refractivity contribution is 7.17. The van der Waals surface area contributed by atoms with Gasteiger partial charge in [-0.2, -0.15) is 0 Å². The molecule has 5 nitrogen and oxygen atoms in total. The number of methoxy groups -OCH3 is 1. The smallest absolute Gasteiger partial charge is 0.267 e. The van der Waals surface area contributed by atoms with Crippen molar-refractivity contribution in [3.05, 3.63) is 65.2 Å². The molecule has 0 unspecified atom stereocenters. The van der Waals surface area contributed by atoms with Crippen molar-refractivity contribution in [2.24, 2.45) is 0 Å². The number of benzene rings is 2. The number of thiazole rings is 1. The van der Waals surface area contributed by atoms with Gasteiger partial charge in [0.25, 0.3) is 5.91 Å². The minimum atomic E-state index is -0.170. The molecule has 1 N–H and O–H groups in total. The van der Waals surface area contributed by atoms with Crippen LogP contribution in [0.25, 0.3) is 0 Å². The van der Waals surface area contributed by atoms with Gasteiger partial charge in [-0.25, -0.2) is 4.98 Å². The number of anilines is 3. The Morgan fingerprint density at radius 3 is 2.64 bits per heavy atom. The molecule has 0 spiro atoms. The van der Waals surface area contributed by atoms with Crippen molar-refractivity contribution in [3.63, 3.8) is 0 Å². The highest BCUT2D eigenvalue weighted by Gasteiger charge is 2.18. The average molecular weight is 353 g/mol. The number of aryl methyl sites for hydroxylation is 1. The minimum Gasteiger partial charge on any atom is -0.497 e. The number of hydrogen-bond donors (Lipinski definition) is 1. The van der Waals surface area contributed by atoms with Crippen molar-refractivity contribution in [2.45, 2.75) is 6.92 Å². The number of nitrogens with one attached hydrogen (secondary N) is 1. The summed E-state index contributed by atoms with van der Waals surface area (Å²) in [4.78, 5) is 19.7. The van der Waals surface area contributed by atoms with Gasteiger partial charge in [0, 0.05) is 24.5 Å². The number of carbonyl (C=O) groups is 1. The number of amides is 1. The highest BCUT2D eigenvalue weighted by atomic mass is 32.1. The zero-order valence-corrected chi connectivity index (χ0v) is 15.1. The summed E-state index contributed by atoms with van der Waals surface area (Å²) in [7, 11) is 3.54. The van der Waals surface area contributed by atoms with E-state index in [0.717, 1.165) is 10.8 Å². The van der Waals surface area contributed by atoms with Gasteiger partial charge in [0.1, 0.15) is 10.6 Å². The SMILES string of the molecule is COc1cccc(NC(=O)c2sc(N(C)c3ccccc3)nc2C)c1. The van der Waals surface area contributed by atoms with Crippen LogP contribution in [0.2, 0.25) is 0 Å². The fourth-order valence-electron chi connectivity index (χ4n) is 2.39. The molecule has 0 saturated carbocycles. The van der Waals surface area contributed by atoms with Crippen LogP contribution in [0.15, 0.2) is 54.6 Å². The maximum Gasteiger partial charge on any atom is 0.267 e. The Morgan fingerprint density at radius 2 is 1.92 bits per heavy atom. The Balaban J connectivity index is 1.81. The molecule has 0 saturated heterocycles. The lowest BCUT2D eigenvalue weighted by Crippen LogP contribution is -2.11. The molecule has 0 aliphatic heterocycles. The second-order valence-electron chi connectivity index (χ2n) is 5.49. The van der Waals surface area contributed by atoms with E-state index < -0.39 is 0 Å². The van der Waals surface area contributed by atoms with Crippen LogP contribution in [0.1, 0.15) is 15.4 Å². The normalized spacial score (nSPS) is 10.4. The van der Waals surface area contributed by atoms with Crippen LogP contribution in [0, 0.1) is 6.92 Å².